The number of H-pyrrole nitrogens is 1. The Morgan fingerprint density at radius 2 is 2.22 bits per heavy atom. The molecule has 8 heteroatoms. The van der Waals surface area contributed by atoms with E-state index in [-0.39, 0.29) is 17.3 Å². The van der Waals surface area contributed by atoms with Crippen LogP contribution in [0.25, 0.3) is 23.1 Å². The summed E-state index contributed by atoms with van der Waals surface area (Å²) in [6.45, 7) is 0. The van der Waals surface area contributed by atoms with Crippen molar-refractivity contribution in [3.05, 3.63) is 24.5 Å². The Hall–Kier alpha value is -2.90. The average Bonchev–Trinajstić information content (AvgIpc) is 3.01. The van der Waals surface area contributed by atoms with Crippen LogP contribution < -0.4 is 5.73 Å². The van der Waals surface area contributed by atoms with Gasteiger partial charge in [0.05, 0.1) is 5.69 Å². The molecule has 0 aliphatic rings. The Bertz CT molecular complexity index is 676. The van der Waals surface area contributed by atoms with Crippen LogP contribution in [0, 0.1) is 0 Å². The molecule has 0 aliphatic heterocycles. The number of benzene rings is 1. The summed E-state index contributed by atoms with van der Waals surface area (Å²) in [6, 6.07) is 4.64. The summed E-state index contributed by atoms with van der Waals surface area (Å²) in [4.78, 5) is 8.05. The molecule has 2 heterocycles. The molecule has 3 aromatic rings. The van der Waals surface area contributed by atoms with E-state index in [1.54, 1.807) is 12.1 Å². The van der Waals surface area contributed by atoms with Crippen molar-refractivity contribution in [2.45, 2.75) is 0 Å². The number of nitrogens with zero attached hydrogens (tertiary/aromatic N) is 4. The number of hydrogen-bond acceptors (Lipinski definition) is 7. The lowest BCUT2D eigenvalue weighted by atomic mass is 10.2. The van der Waals surface area contributed by atoms with Gasteiger partial charge in [0.25, 0.3) is 5.89 Å². The first kappa shape index (κ1) is 10.3. The lowest BCUT2D eigenvalue weighted by Crippen LogP contribution is -1.87. The Kier molecular flexibility index (Phi) is 2.19. The van der Waals surface area contributed by atoms with Crippen molar-refractivity contribution in [2.75, 3.05) is 5.73 Å². The van der Waals surface area contributed by atoms with Crippen LogP contribution in [0.4, 0.5) is 5.69 Å². The van der Waals surface area contributed by atoms with E-state index in [0.717, 1.165) is 0 Å². The van der Waals surface area contributed by atoms with Crippen LogP contribution in [0.2, 0.25) is 0 Å². The van der Waals surface area contributed by atoms with Crippen LogP contribution in [0.1, 0.15) is 0 Å². The topological polar surface area (TPSA) is 127 Å². The number of aromatic nitrogens is 5. The maximum Gasteiger partial charge on any atom is 0.258 e. The van der Waals surface area contributed by atoms with Gasteiger partial charge in [0, 0.05) is 5.56 Å². The van der Waals surface area contributed by atoms with Crippen molar-refractivity contribution in [3.8, 4) is 28.9 Å². The quantitative estimate of drug-likeness (QED) is 0.449. The van der Waals surface area contributed by atoms with Crippen LogP contribution in [0.15, 0.2) is 29.0 Å². The molecule has 18 heavy (non-hydrogen) atoms. The van der Waals surface area contributed by atoms with Crippen LogP contribution in [-0.4, -0.2) is 30.4 Å². The first-order valence-corrected chi connectivity index (χ1v) is 5.02. The van der Waals surface area contributed by atoms with Gasteiger partial charge in [-0.2, -0.15) is 10.1 Å². The summed E-state index contributed by atoms with van der Waals surface area (Å²) in [6.07, 6.45) is 1.35. The van der Waals surface area contributed by atoms with Crippen LogP contribution >= 0.6 is 0 Å². The number of hydrogen-bond donors (Lipinski definition) is 3. The van der Waals surface area contributed by atoms with E-state index in [1.807, 2.05) is 0 Å². The summed E-state index contributed by atoms with van der Waals surface area (Å²) in [7, 11) is 0. The van der Waals surface area contributed by atoms with Gasteiger partial charge < -0.3 is 15.4 Å². The van der Waals surface area contributed by atoms with Crippen LogP contribution in [0.3, 0.4) is 0 Å². The van der Waals surface area contributed by atoms with Crippen molar-refractivity contribution >= 4 is 5.69 Å². The fraction of sp³-hybridized carbons (Fsp3) is 0. The molecule has 4 N–H and O–H groups in total. The Morgan fingerprint density at radius 1 is 1.33 bits per heavy atom. The molecule has 0 fully saturated rings. The monoisotopic (exact) mass is 244 g/mol. The smallest absolute Gasteiger partial charge is 0.258 e. The molecule has 0 unspecified atom stereocenters. The number of phenolic OH excluding ortho intramolecular Hbond substituents is 1. The first-order chi connectivity index (χ1) is 8.74. The normalized spacial score (nSPS) is 10.7. The minimum absolute atomic E-state index is 0.00808. The second-order valence-corrected chi connectivity index (χ2v) is 3.53. The predicted molar refractivity (Wildman–Crippen MR) is 61.2 cm³/mol. The number of aromatic hydroxyl groups is 1. The van der Waals surface area contributed by atoms with E-state index < -0.39 is 0 Å². The van der Waals surface area contributed by atoms with Crippen molar-refractivity contribution < 1.29 is 9.63 Å². The summed E-state index contributed by atoms with van der Waals surface area (Å²) in [5, 5.41) is 19.4. The van der Waals surface area contributed by atoms with Gasteiger partial charge in [-0.25, -0.2) is 4.98 Å². The van der Waals surface area contributed by atoms with Crippen molar-refractivity contribution in [1.29, 1.82) is 0 Å². The minimum atomic E-state index is 0.00808. The molecular formula is C10H8N6O2. The lowest BCUT2D eigenvalue weighted by molar-refractivity contribution is 0.431. The number of rotatable bonds is 2. The molecule has 0 saturated carbocycles. The van der Waals surface area contributed by atoms with Gasteiger partial charge in [-0.15, -0.1) is 0 Å². The van der Waals surface area contributed by atoms with E-state index in [2.05, 4.69) is 25.3 Å². The minimum Gasteiger partial charge on any atom is -0.506 e. The fourth-order valence-electron chi connectivity index (χ4n) is 1.44. The molecule has 0 radical (unpaired) electrons. The van der Waals surface area contributed by atoms with Gasteiger partial charge in [0.15, 0.2) is 5.82 Å². The fourth-order valence-corrected chi connectivity index (χ4v) is 1.44. The molecule has 8 nitrogen and oxygen atoms in total. The van der Waals surface area contributed by atoms with Crippen molar-refractivity contribution in [3.63, 3.8) is 0 Å². The average molecular weight is 244 g/mol. The highest BCUT2D eigenvalue weighted by Gasteiger charge is 2.13. The molecule has 0 saturated heterocycles. The highest BCUT2D eigenvalue weighted by atomic mass is 16.5. The van der Waals surface area contributed by atoms with Gasteiger partial charge >= 0.3 is 0 Å². The number of nitrogen functional groups attached to an aromatic ring is 1. The molecule has 0 bridgehead atoms. The molecule has 0 spiro atoms. The number of aromatic amines is 1. The molecule has 90 valence electrons. The highest BCUT2D eigenvalue weighted by molar-refractivity contribution is 5.65. The Balaban J connectivity index is 2.00. The van der Waals surface area contributed by atoms with Gasteiger partial charge in [-0.1, -0.05) is 5.16 Å². The second-order valence-electron chi connectivity index (χ2n) is 3.53. The maximum absolute atomic E-state index is 9.33. The zero-order valence-corrected chi connectivity index (χ0v) is 9.03. The van der Waals surface area contributed by atoms with Crippen molar-refractivity contribution in [2.24, 2.45) is 0 Å². The van der Waals surface area contributed by atoms with Crippen molar-refractivity contribution in [1.82, 2.24) is 25.3 Å². The summed E-state index contributed by atoms with van der Waals surface area (Å²) >= 11 is 0. The largest absolute Gasteiger partial charge is 0.506 e. The summed E-state index contributed by atoms with van der Waals surface area (Å²) in [5.41, 5.74) is 6.45. The molecule has 3 rings (SSSR count). The summed E-state index contributed by atoms with van der Waals surface area (Å²) in [5.74, 6) is 1.01. The third kappa shape index (κ3) is 1.65. The standard InChI is InChI=1S/C10H8N6O2/c11-6-3-5(1-2-7(6)17)10-14-9(16-18-10)8-12-4-13-15-8/h1-4,17H,11H2,(H,12,13,15). The second kappa shape index (κ2) is 3.84. The zero-order valence-electron chi connectivity index (χ0n) is 9.03. The first-order valence-electron chi connectivity index (χ1n) is 5.02. The van der Waals surface area contributed by atoms with E-state index in [9.17, 15) is 5.11 Å². The van der Waals surface area contributed by atoms with Gasteiger partial charge in [0.1, 0.15) is 12.1 Å². The SMILES string of the molecule is Nc1cc(-c2nc(-c3ncn[nH]3)no2)ccc1O. The zero-order chi connectivity index (χ0) is 12.5. The third-order valence-corrected chi connectivity index (χ3v) is 2.33. The highest BCUT2D eigenvalue weighted by Crippen LogP contribution is 2.27. The van der Waals surface area contributed by atoms with E-state index in [1.165, 1.54) is 12.4 Å². The third-order valence-electron chi connectivity index (χ3n) is 2.33. The van der Waals surface area contributed by atoms with Gasteiger partial charge in [-0.05, 0) is 18.2 Å². The summed E-state index contributed by atoms with van der Waals surface area (Å²) < 4.78 is 5.08. The van der Waals surface area contributed by atoms with Crippen LogP contribution in [-0.2, 0) is 0 Å². The van der Waals surface area contributed by atoms with E-state index in [0.29, 0.717) is 17.2 Å². The molecule has 0 amide bonds. The number of anilines is 1. The molecular weight excluding hydrogens is 236 g/mol. The van der Waals surface area contributed by atoms with Gasteiger partial charge in [0.2, 0.25) is 5.82 Å². The number of nitrogens with one attached hydrogen (secondary N) is 1. The molecule has 1 aromatic carbocycles. The number of nitrogens with two attached hydrogens (primary N) is 1. The molecule has 0 aliphatic carbocycles. The Labute approximate surface area is 100 Å². The molecule has 2 aromatic heterocycles. The molecule has 0 atom stereocenters. The predicted octanol–water partition coefficient (Wildman–Crippen LogP) is 0.809. The van der Waals surface area contributed by atoms with Gasteiger partial charge in [-0.3, -0.25) is 5.10 Å². The van der Waals surface area contributed by atoms with E-state index in [4.69, 9.17) is 10.3 Å². The maximum atomic E-state index is 9.33. The Morgan fingerprint density at radius 3 is 2.94 bits per heavy atom. The van der Waals surface area contributed by atoms with Crippen LogP contribution in [0.5, 0.6) is 5.75 Å². The van der Waals surface area contributed by atoms with E-state index >= 15 is 0 Å². The lowest BCUT2D eigenvalue weighted by Gasteiger charge is -1.99. The number of phenols is 1.